The summed E-state index contributed by atoms with van der Waals surface area (Å²) in [5.41, 5.74) is 0.418. The van der Waals surface area contributed by atoms with E-state index in [-0.39, 0.29) is 28.4 Å². The van der Waals surface area contributed by atoms with Gasteiger partial charge in [0.1, 0.15) is 0 Å². The van der Waals surface area contributed by atoms with E-state index < -0.39 is 16.1 Å². The first kappa shape index (κ1) is 20.5. The Balaban J connectivity index is 1.57. The number of Topliss-reactive ketones (excluding diaryl/α,β-unsaturated/α-hetero) is 1. The van der Waals surface area contributed by atoms with Gasteiger partial charge in [-0.3, -0.25) is 14.4 Å². The van der Waals surface area contributed by atoms with Gasteiger partial charge in [0.15, 0.2) is 5.78 Å². The van der Waals surface area contributed by atoms with Crippen LogP contribution in [0, 0.1) is 5.92 Å². The molecule has 2 aliphatic rings. The van der Waals surface area contributed by atoms with Gasteiger partial charge in [0.25, 0.3) is 0 Å². The first-order valence-electron chi connectivity index (χ1n) is 9.40. The number of hydrogen-bond donors (Lipinski definition) is 1. The molecule has 0 radical (unpaired) electrons. The molecule has 1 aromatic carbocycles. The Labute approximate surface area is 164 Å². The summed E-state index contributed by atoms with van der Waals surface area (Å²) in [7, 11) is -3.89. The molecule has 152 valence electrons. The molecule has 1 heterocycles. The van der Waals surface area contributed by atoms with Crippen LogP contribution >= 0.6 is 0 Å². The highest BCUT2D eigenvalue weighted by Gasteiger charge is 2.36. The molecule has 1 aliphatic heterocycles. The Morgan fingerprint density at radius 3 is 2.04 bits per heavy atom. The zero-order valence-electron chi connectivity index (χ0n) is 16.1. The zero-order chi connectivity index (χ0) is 20.5. The third-order valence-electron chi connectivity index (χ3n) is 5.10. The Hall–Kier alpha value is -2.26. The lowest BCUT2D eigenvalue weighted by atomic mass is 10.2. The van der Waals surface area contributed by atoms with Gasteiger partial charge in [0.05, 0.1) is 10.9 Å². The summed E-state index contributed by atoms with van der Waals surface area (Å²) in [6, 6.07) is 4.65. The van der Waals surface area contributed by atoms with Gasteiger partial charge < -0.3 is 9.80 Å². The van der Waals surface area contributed by atoms with Crippen molar-refractivity contribution in [3.8, 4) is 0 Å². The highest BCUT2D eigenvalue weighted by Crippen LogP contribution is 2.31. The number of benzene rings is 1. The molecule has 0 spiro atoms. The minimum Gasteiger partial charge on any atom is -0.339 e. The lowest BCUT2D eigenvalue weighted by Crippen LogP contribution is -2.55. The monoisotopic (exact) mass is 407 g/mol. The number of ketones is 1. The highest BCUT2D eigenvalue weighted by atomic mass is 32.2. The number of hydrogen-bond acceptors (Lipinski definition) is 5. The van der Waals surface area contributed by atoms with Crippen molar-refractivity contribution in [2.24, 2.45) is 5.92 Å². The van der Waals surface area contributed by atoms with Gasteiger partial charge in [0.2, 0.25) is 21.8 Å². The van der Waals surface area contributed by atoms with E-state index in [1.54, 1.807) is 9.80 Å². The molecule has 1 saturated heterocycles. The average Bonchev–Trinajstić information content (AvgIpc) is 3.52. The van der Waals surface area contributed by atoms with Crippen LogP contribution < -0.4 is 4.72 Å². The SMILES string of the molecule is CC(=O)c1ccc(S(=O)(=O)N[C@@H](C)C(=O)N2CCN(C(=O)C3CC3)CC2)cc1. The van der Waals surface area contributed by atoms with Crippen molar-refractivity contribution in [3.63, 3.8) is 0 Å². The molecule has 1 N–H and O–H groups in total. The first-order chi connectivity index (χ1) is 13.2. The number of sulfonamides is 1. The van der Waals surface area contributed by atoms with Crippen molar-refractivity contribution in [1.82, 2.24) is 14.5 Å². The lowest BCUT2D eigenvalue weighted by molar-refractivity contribution is -0.140. The molecule has 3 rings (SSSR count). The van der Waals surface area contributed by atoms with E-state index in [0.717, 1.165) is 12.8 Å². The first-order valence-corrected chi connectivity index (χ1v) is 10.9. The Morgan fingerprint density at radius 1 is 1.00 bits per heavy atom. The third kappa shape index (κ3) is 4.59. The fraction of sp³-hybridized carbons (Fsp3) is 0.526. The fourth-order valence-corrected chi connectivity index (χ4v) is 4.43. The fourth-order valence-electron chi connectivity index (χ4n) is 3.23. The van der Waals surface area contributed by atoms with E-state index in [4.69, 9.17) is 0 Å². The molecular formula is C19H25N3O5S. The van der Waals surface area contributed by atoms with E-state index >= 15 is 0 Å². The Kier molecular flexibility index (Phi) is 5.85. The molecule has 8 nitrogen and oxygen atoms in total. The van der Waals surface area contributed by atoms with Crippen LogP contribution in [0.1, 0.15) is 37.0 Å². The standard InChI is InChI=1S/C19H25N3O5S/c1-13(20-28(26,27)17-7-5-15(6-8-17)14(2)23)18(24)21-9-11-22(12-10-21)19(25)16-3-4-16/h5-8,13,16,20H,3-4,9-12H2,1-2H3/t13-/m0/s1. The van der Waals surface area contributed by atoms with Crippen LogP contribution in [0.3, 0.4) is 0 Å². The van der Waals surface area contributed by atoms with Crippen LogP contribution in [-0.2, 0) is 19.6 Å². The number of rotatable bonds is 6. The summed E-state index contributed by atoms with van der Waals surface area (Å²) in [6.07, 6.45) is 1.90. The van der Waals surface area contributed by atoms with Gasteiger partial charge in [-0.25, -0.2) is 8.42 Å². The maximum Gasteiger partial charge on any atom is 0.241 e. The van der Waals surface area contributed by atoms with Gasteiger partial charge in [0, 0.05) is 37.7 Å². The van der Waals surface area contributed by atoms with Gasteiger partial charge in [-0.05, 0) is 38.8 Å². The molecule has 0 aromatic heterocycles. The van der Waals surface area contributed by atoms with Gasteiger partial charge >= 0.3 is 0 Å². The van der Waals surface area contributed by atoms with Crippen molar-refractivity contribution in [1.29, 1.82) is 0 Å². The molecule has 2 amide bonds. The van der Waals surface area contributed by atoms with E-state index in [2.05, 4.69) is 4.72 Å². The number of carbonyl (C=O) groups excluding carboxylic acids is 3. The van der Waals surface area contributed by atoms with E-state index in [1.165, 1.54) is 38.1 Å². The summed E-state index contributed by atoms with van der Waals surface area (Å²) in [5.74, 6) is -0.153. The van der Waals surface area contributed by atoms with Crippen molar-refractivity contribution in [3.05, 3.63) is 29.8 Å². The quantitative estimate of drug-likeness (QED) is 0.697. The number of nitrogens with one attached hydrogen (secondary N) is 1. The van der Waals surface area contributed by atoms with Crippen molar-refractivity contribution in [2.75, 3.05) is 26.2 Å². The number of nitrogens with zero attached hydrogens (tertiary/aromatic N) is 2. The molecule has 28 heavy (non-hydrogen) atoms. The van der Waals surface area contributed by atoms with Gasteiger partial charge in [-0.15, -0.1) is 0 Å². The largest absolute Gasteiger partial charge is 0.339 e. The van der Waals surface area contributed by atoms with E-state index in [9.17, 15) is 22.8 Å². The number of carbonyl (C=O) groups is 3. The maximum atomic E-state index is 12.6. The van der Waals surface area contributed by atoms with Gasteiger partial charge in [-0.2, -0.15) is 4.72 Å². The minimum atomic E-state index is -3.89. The zero-order valence-corrected chi connectivity index (χ0v) is 16.9. The van der Waals surface area contributed by atoms with Crippen LogP contribution in [0.25, 0.3) is 0 Å². The normalized spacial score (nSPS) is 18.6. The van der Waals surface area contributed by atoms with Crippen LogP contribution in [0.5, 0.6) is 0 Å². The summed E-state index contributed by atoms with van der Waals surface area (Å²) in [5, 5.41) is 0. The third-order valence-corrected chi connectivity index (χ3v) is 6.66. The highest BCUT2D eigenvalue weighted by molar-refractivity contribution is 7.89. The molecule has 0 bridgehead atoms. The Morgan fingerprint density at radius 2 is 1.54 bits per heavy atom. The molecule has 2 fully saturated rings. The van der Waals surface area contributed by atoms with Crippen LogP contribution in [0.2, 0.25) is 0 Å². The molecule has 9 heteroatoms. The number of piperazine rings is 1. The minimum absolute atomic E-state index is 0.00278. The molecule has 1 aromatic rings. The molecular weight excluding hydrogens is 382 g/mol. The van der Waals surface area contributed by atoms with E-state index in [1.807, 2.05) is 0 Å². The van der Waals surface area contributed by atoms with E-state index in [0.29, 0.717) is 31.7 Å². The summed E-state index contributed by atoms with van der Waals surface area (Å²) >= 11 is 0. The topological polar surface area (TPSA) is 104 Å². The van der Waals surface area contributed by atoms with Crippen LogP contribution in [0.4, 0.5) is 0 Å². The van der Waals surface area contributed by atoms with Crippen molar-refractivity contribution >= 4 is 27.6 Å². The molecule has 1 atom stereocenters. The summed E-state index contributed by atoms with van der Waals surface area (Å²) in [4.78, 5) is 39.4. The second-order valence-electron chi connectivity index (χ2n) is 7.35. The van der Waals surface area contributed by atoms with Crippen LogP contribution in [-0.4, -0.2) is 68.0 Å². The smallest absolute Gasteiger partial charge is 0.241 e. The second kappa shape index (κ2) is 8.00. The lowest BCUT2D eigenvalue weighted by Gasteiger charge is -2.36. The number of amides is 2. The van der Waals surface area contributed by atoms with Crippen LogP contribution in [0.15, 0.2) is 29.2 Å². The van der Waals surface area contributed by atoms with Gasteiger partial charge in [-0.1, -0.05) is 12.1 Å². The second-order valence-corrected chi connectivity index (χ2v) is 9.06. The van der Waals surface area contributed by atoms with Crippen molar-refractivity contribution < 1.29 is 22.8 Å². The predicted molar refractivity (Wildman–Crippen MR) is 102 cm³/mol. The summed E-state index contributed by atoms with van der Waals surface area (Å²) in [6.45, 7) is 4.67. The van der Waals surface area contributed by atoms with Crippen molar-refractivity contribution in [2.45, 2.75) is 37.6 Å². The average molecular weight is 407 g/mol. The molecule has 1 aliphatic carbocycles. The maximum absolute atomic E-state index is 12.6. The summed E-state index contributed by atoms with van der Waals surface area (Å²) < 4.78 is 27.4. The Bertz CT molecular complexity index is 869. The molecule has 0 unspecified atom stereocenters. The molecule has 1 saturated carbocycles. The predicted octanol–water partition coefficient (Wildman–Crippen LogP) is 0.637.